The molecule has 2 amide bonds. The van der Waals surface area contributed by atoms with Gasteiger partial charge in [0, 0.05) is 34.0 Å². The van der Waals surface area contributed by atoms with Crippen LogP contribution in [0.25, 0.3) is 10.8 Å². The van der Waals surface area contributed by atoms with Gasteiger partial charge in [-0.15, -0.1) is 11.8 Å². The Labute approximate surface area is 206 Å². The maximum Gasteiger partial charge on any atom is 0.269 e. The number of carbonyl (C=O) groups is 2. The number of rotatable bonds is 8. The molecule has 7 nitrogen and oxygen atoms in total. The molecule has 8 heteroatoms. The summed E-state index contributed by atoms with van der Waals surface area (Å²) >= 11 is 1.39. The summed E-state index contributed by atoms with van der Waals surface area (Å²) in [5, 5.41) is 18.2. The molecule has 0 fully saturated rings. The average molecular weight is 486 g/mol. The second-order valence-electron chi connectivity index (χ2n) is 7.85. The van der Waals surface area contributed by atoms with Crippen LogP contribution in [-0.2, 0) is 4.79 Å². The summed E-state index contributed by atoms with van der Waals surface area (Å²) in [5.41, 5.74) is 1.66. The van der Waals surface area contributed by atoms with E-state index in [1.807, 2.05) is 61.5 Å². The van der Waals surface area contributed by atoms with Crippen molar-refractivity contribution < 1.29 is 14.5 Å². The number of anilines is 2. The SMILES string of the molecule is CCC(Sc1cccc(NC(=O)c2ccc3ccccc3c2)c1)C(=O)Nc1ccc([N+](=O)[O-])cc1. The van der Waals surface area contributed by atoms with Crippen molar-refractivity contribution in [3.63, 3.8) is 0 Å². The van der Waals surface area contributed by atoms with Crippen molar-refractivity contribution in [2.45, 2.75) is 23.5 Å². The first-order chi connectivity index (χ1) is 16.9. The van der Waals surface area contributed by atoms with E-state index in [1.54, 1.807) is 12.1 Å². The zero-order valence-electron chi connectivity index (χ0n) is 18.9. The highest BCUT2D eigenvalue weighted by atomic mass is 32.2. The summed E-state index contributed by atoms with van der Waals surface area (Å²) in [7, 11) is 0. The van der Waals surface area contributed by atoms with Gasteiger partial charge in [-0.05, 0) is 59.7 Å². The first kappa shape index (κ1) is 24.0. The van der Waals surface area contributed by atoms with Gasteiger partial charge in [-0.25, -0.2) is 0 Å². The van der Waals surface area contributed by atoms with Crippen molar-refractivity contribution in [2.24, 2.45) is 0 Å². The minimum Gasteiger partial charge on any atom is -0.325 e. The third-order valence-corrected chi connectivity index (χ3v) is 6.75. The van der Waals surface area contributed by atoms with Gasteiger partial charge in [-0.2, -0.15) is 0 Å². The van der Waals surface area contributed by atoms with Crippen molar-refractivity contribution >= 4 is 51.4 Å². The Morgan fingerprint density at radius 3 is 2.31 bits per heavy atom. The standard InChI is InChI=1S/C27H23N3O4S/c1-2-25(27(32)28-21-12-14-23(15-13-21)30(33)34)35-24-9-5-8-22(17-24)29-26(31)20-11-10-18-6-3-4-7-19(18)16-20/h3-17,25H,2H2,1H3,(H,28,32)(H,29,31). The second kappa shape index (κ2) is 10.8. The van der Waals surface area contributed by atoms with Crippen molar-refractivity contribution in [1.82, 2.24) is 0 Å². The molecular weight excluding hydrogens is 462 g/mol. The summed E-state index contributed by atoms with van der Waals surface area (Å²) in [6.45, 7) is 1.92. The number of hydrogen-bond donors (Lipinski definition) is 2. The fraction of sp³-hybridized carbons (Fsp3) is 0.111. The molecule has 1 unspecified atom stereocenters. The van der Waals surface area contributed by atoms with Gasteiger partial charge in [0.05, 0.1) is 10.2 Å². The predicted molar refractivity (Wildman–Crippen MR) is 140 cm³/mol. The molecule has 0 spiro atoms. The zero-order valence-corrected chi connectivity index (χ0v) is 19.7. The maximum absolute atomic E-state index is 12.8. The monoisotopic (exact) mass is 485 g/mol. The third kappa shape index (κ3) is 6.04. The molecule has 0 saturated heterocycles. The highest BCUT2D eigenvalue weighted by Gasteiger charge is 2.19. The fourth-order valence-electron chi connectivity index (χ4n) is 3.56. The van der Waals surface area contributed by atoms with Crippen molar-refractivity contribution in [1.29, 1.82) is 0 Å². The quantitative estimate of drug-likeness (QED) is 0.168. The highest BCUT2D eigenvalue weighted by Crippen LogP contribution is 2.29. The zero-order chi connectivity index (χ0) is 24.8. The van der Waals surface area contributed by atoms with Gasteiger partial charge in [0.1, 0.15) is 0 Å². The van der Waals surface area contributed by atoms with E-state index >= 15 is 0 Å². The molecule has 0 bridgehead atoms. The molecule has 4 aromatic rings. The van der Waals surface area contributed by atoms with Crippen molar-refractivity contribution in [3.8, 4) is 0 Å². The summed E-state index contributed by atoms with van der Waals surface area (Å²) in [6.07, 6.45) is 0.581. The molecule has 0 aliphatic carbocycles. The molecule has 176 valence electrons. The summed E-state index contributed by atoms with van der Waals surface area (Å²) in [5.74, 6) is -0.405. The Hall–Kier alpha value is -4.17. The Bertz CT molecular complexity index is 1390. The lowest BCUT2D eigenvalue weighted by atomic mass is 10.1. The van der Waals surface area contributed by atoms with Crippen LogP contribution in [0.4, 0.5) is 17.1 Å². The molecule has 4 rings (SSSR count). The topological polar surface area (TPSA) is 101 Å². The Morgan fingerprint density at radius 1 is 0.857 bits per heavy atom. The Morgan fingerprint density at radius 2 is 1.60 bits per heavy atom. The number of amides is 2. The number of carbonyl (C=O) groups excluding carboxylic acids is 2. The lowest BCUT2D eigenvalue weighted by Crippen LogP contribution is -2.24. The Kier molecular flexibility index (Phi) is 7.42. The number of non-ortho nitro benzene ring substituents is 1. The van der Waals surface area contributed by atoms with E-state index in [0.717, 1.165) is 15.7 Å². The van der Waals surface area contributed by atoms with Gasteiger partial charge in [0.2, 0.25) is 5.91 Å². The molecule has 0 aromatic heterocycles. The maximum atomic E-state index is 12.8. The van der Waals surface area contributed by atoms with Crippen LogP contribution in [-0.4, -0.2) is 22.0 Å². The Balaban J connectivity index is 1.41. The van der Waals surface area contributed by atoms with Gasteiger partial charge in [-0.1, -0.05) is 43.3 Å². The molecule has 0 saturated carbocycles. The largest absolute Gasteiger partial charge is 0.325 e. The number of nitrogens with one attached hydrogen (secondary N) is 2. The van der Waals surface area contributed by atoms with Crippen molar-refractivity contribution in [3.05, 3.63) is 107 Å². The minimum atomic E-state index is -0.484. The van der Waals surface area contributed by atoms with Crippen LogP contribution in [0.5, 0.6) is 0 Å². The van der Waals surface area contributed by atoms with Gasteiger partial charge in [-0.3, -0.25) is 19.7 Å². The van der Waals surface area contributed by atoms with Gasteiger partial charge >= 0.3 is 0 Å². The van der Waals surface area contributed by atoms with Crippen LogP contribution in [0.15, 0.2) is 95.9 Å². The number of nitrogens with zero attached hydrogens (tertiary/aromatic N) is 1. The van der Waals surface area contributed by atoms with Gasteiger partial charge in [0.25, 0.3) is 11.6 Å². The highest BCUT2D eigenvalue weighted by molar-refractivity contribution is 8.00. The summed E-state index contributed by atoms with van der Waals surface area (Å²) in [6, 6.07) is 26.5. The van der Waals surface area contributed by atoms with Crippen LogP contribution in [0.1, 0.15) is 23.7 Å². The number of nitro groups is 1. The first-order valence-electron chi connectivity index (χ1n) is 11.0. The molecule has 0 aliphatic rings. The smallest absolute Gasteiger partial charge is 0.269 e. The molecule has 0 radical (unpaired) electrons. The second-order valence-corrected chi connectivity index (χ2v) is 9.13. The lowest BCUT2D eigenvalue weighted by molar-refractivity contribution is -0.384. The van der Waals surface area contributed by atoms with E-state index in [9.17, 15) is 19.7 Å². The summed E-state index contributed by atoms with van der Waals surface area (Å²) < 4.78 is 0. The van der Waals surface area contributed by atoms with Gasteiger partial charge < -0.3 is 10.6 Å². The van der Waals surface area contributed by atoms with Crippen LogP contribution in [0.2, 0.25) is 0 Å². The molecular formula is C27H23N3O4S. The lowest BCUT2D eigenvalue weighted by Gasteiger charge is -2.15. The molecule has 2 N–H and O–H groups in total. The number of benzene rings is 4. The molecule has 35 heavy (non-hydrogen) atoms. The van der Waals surface area contributed by atoms with E-state index in [2.05, 4.69) is 10.6 Å². The van der Waals surface area contributed by atoms with E-state index in [-0.39, 0.29) is 22.8 Å². The van der Waals surface area contributed by atoms with Crippen molar-refractivity contribution in [2.75, 3.05) is 10.6 Å². The van der Waals surface area contributed by atoms with E-state index in [0.29, 0.717) is 23.4 Å². The van der Waals surface area contributed by atoms with E-state index in [1.165, 1.54) is 36.0 Å². The molecule has 4 aromatic carbocycles. The number of thioether (sulfide) groups is 1. The fourth-order valence-corrected chi connectivity index (χ4v) is 4.57. The minimum absolute atomic E-state index is 0.0352. The number of nitro benzene ring substituents is 1. The molecule has 0 heterocycles. The van der Waals surface area contributed by atoms with Crippen LogP contribution >= 0.6 is 11.8 Å². The van der Waals surface area contributed by atoms with E-state index in [4.69, 9.17) is 0 Å². The molecule has 0 aliphatic heterocycles. The summed E-state index contributed by atoms with van der Waals surface area (Å²) in [4.78, 5) is 36.8. The van der Waals surface area contributed by atoms with Gasteiger partial charge in [0.15, 0.2) is 0 Å². The average Bonchev–Trinajstić information content (AvgIpc) is 2.87. The first-order valence-corrected chi connectivity index (χ1v) is 11.9. The number of fused-ring (bicyclic) bond motifs is 1. The normalized spacial score (nSPS) is 11.6. The molecule has 1 atom stereocenters. The van der Waals surface area contributed by atoms with Crippen LogP contribution in [0.3, 0.4) is 0 Å². The van der Waals surface area contributed by atoms with Crippen LogP contribution < -0.4 is 10.6 Å². The predicted octanol–water partition coefficient (Wildman–Crippen LogP) is 6.51. The van der Waals surface area contributed by atoms with Crippen LogP contribution in [0, 0.1) is 10.1 Å². The van der Waals surface area contributed by atoms with E-state index < -0.39 is 4.92 Å². The third-order valence-electron chi connectivity index (χ3n) is 5.39. The number of hydrogen-bond acceptors (Lipinski definition) is 5.